The predicted octanol–water partition coefficient (Wildman–Crippen LogP) is 3.69. The molecule has 2 aliphatic heterocycles. The minimum atomic E-state index is -0.167. The Morgan fingerprint density at radius 3 is 2.74 bits per heavy atom. The lowest BCUT2D eigenvalue weighted by Crippen LogP contribution is -2.43. The van der Waals surface area contributed by atoms with Gasteiger partial charge in [0, 0.05) is 56.3 Å². The molecule has 34 heavy (non-hydrogen) atoms. The Bertz CT molecular complexity index is 1240. The standard InChI is InChI=1S/C27H30N4O3/c1-18-11-20(14-28-13-18)25(32)30-15-21-12-27(7-9-34-10-8-27)17-31(21)26(33)23-16-29-24-6-4-3-5-22(24)19(23)2/h3-6,11,13-14,16,21H,7-10,12,15,17H2,1-2H3,(H,30,32). The third-order valence-electron chi connectivity index (χ3n) is 7.34. The fourth-order valence-electron chi connectivity index (χ4n) is 5.39. The maximum absolute atomic E-state index is 13.8. The van der Waals surface area contributed by atoms with Gasteiger partial charge in [0.1, 0.15) is 0 Å². The number of nitrogens with zero attached hydrogens (tertiary/aromatic N) is 3. The Kier molecular flexibility index (Phi) is 6.04. The highest BCUT2D eigenvalue weighted by Gasteiger charge is 2.46. The van der Waals surface area contributed by atoms with Crippen molar-refractivity contribution in [2.75, 3.05) is 26.3 Å². The molecule has 1 atom stereocenters. The summed E-state index contributed by atoms with van der Waals surface area (Å²) in [6.45, 7) is 6.41. The second-order valence-electron chi connectivity index (χ2n) is 9.68. The number of aryl methyl sites for hydroxylation is 2. The number of fused-ring (bicyclic) bond motifs is 1. The summed E-state index contributed by atoms with van der Waals surface area (Å²) in [7, 11) is 0. The number of pyridine rings is 2. The van der Waals surface area contributed by atoms with Gasteiger partial charge in [-0.3, -0.25) is 19.6 Å². The first-order valence-electron chi connectivity index (χ1n) is 11.9. The van der Waals surface area contributed by atoms with Crippen molar-refractivity contribution in [3.05, 3.63) is 71.2 Å². The molecule has 3 aromatic rings. The van der Waals surface area contributed by atoms with Crippen molar-refractivity contribution >= 4 is 22.7 Å². The fraction of sp³-hybridized carbons (Fsp3) is 0.407. The summed E-state index contributed by atoms with van der Waals surface area (Å²) in [4.78, 5) is 37.2. The molecule has 1 aromatic carbocycles. The lowest BCUT2D eigenvalue weighted by Gasteiger charge is -2.33. The van der Waals surface area contributed by atoms with Gasteiger partial charge >= 0.3 is 0 Å². The number of likely N-dealkylation sites (tertiary alicyclic amines) is 1. The van der Waals surface area contributed by atoms with Crippen LogP contribution in [0.1, 0.15) is 51.1 Å². The Hall–Kier alpha value is -3.32. The molecule has 5 rings (SSSR count). The number of hydrogen-bond acceptors (Lipinski definition) is 5. The van der Waals surface area contributed by atoms with Crippen LogP contribution in [-0.4, -0.2) is 59.0 Å². The Labute approximate surface area is 199 Å². The second-order valence-corrected chi connectivity index (χ2v) is 9.68. The molecule has 1 spiro atoms. The van der Waals surface area contributed by atoms with E-state index in [2.05, 4.69) is 15.3 Å². The van der Waals surface area contributed by atoms with Gasteiger partial charge in [0.2, 0.25) is 0 Å². The molecule has 0 radical (unpaired) electrons. The van der Waals surface area contributed by atoms with Crippen molar-refractivity contribution < 1.29 is 14.3 Å². The van der Waals surface area contributed by atoms with Gasteiger partial charge in [-0.1, -0.05) is 18.2 Å². The monoisotopic (exact) mass is 458 g/mol. The van der Waals surface area contributed by atoms with E-state index in [1.807, 2.05) is 49.1 Å². The van der Waals surface area contributed by atoms with Crippen LogP contribution in [0.3, 0.4) is 0 Å². The number of ether oxygens (including phenoxy) is 1. The maximum atomic E-state index is 13.8. The zero-order valence-corrected chi connectivity index (χ0v) is 19.7. The summed E-state index contributed by atoms with van der Waals surface area (Å²) in [6, 6.07) is 9.63. The molecule has 7 nitrogen and oxygen atoms in total. The van der Waals surface area contributed by atoms with Crippen molar-refractivity contribution in [1.29, 1.82) is 0 Å². The molecule has 0 saturated carbocycles. The summed E-state index contributed by atoms with van der Waals surface area (Å²) >= 11 is 0. The van der Waals surface area contributed by atoms with E-state index in [4.69, 9.17) is 4.74 Å². The average molecular weight is 459 g/mol. The van der Waals surface area contributed by atoms with E-state index >= 15 is 0 Å². The fourth-order valence-corrected chi connectivity index (χ4v) is 5.39. The smallest absolute Gasteiger partial charge is 0.256 e. The van der Waals surface area contributed by atoms with Crippen molar-refractivity contribution in [2.24, 2.45) is 5.41 Å². The number of carbonyl (C=O) groups excluding carboxylic acids is 2. The van der Waals surface area contributed by atoms with Crippen LogP contribution in [0.15, 0.2) is 48.9 Å². The van der Waals surface area contributed by atoms with Gasteiger partial charge < -0.3 is 15.0 Å². The van der Waals surface area contributed by atoms with Gasteiger partial charge in [-0.15, -0.1) is 0 Å². The van der Waals surface area contributed by atoms with Crippen LogP contribution < -0.4 is 5.32 Å². The summed E-state index contributed by atoms with van der Waals surface area (Å²) < 4.78 is 5.62. The topological polar surface area (TPSA) is 84.4 Å². The number of benzene rings is 1. The first kappa shape index (κ1) is 22.5. The average Bonchev–Trinajstić information content (AvgIpc) is 3.20. The van der Waals surface area contributed by atoms with Crippen LogP contribution in [0.25, 0.3) is 10.9 Å². The SMILES string of the molecule is Cc1cncc(C(=O)NCC2CC3(CCOCC3)CN2C(=O)c2cnc3ccccc3c2C)c1. The van der Waals surface area contributed by atoms with Crippen molar-refractivity contribution in [1.82, 2.24) is 20.2 Å². The van der Waals surface area contributed by atoms with E-state index < -0.39 is 0 Å². The quantitative estimate of drug-likeness (QED) is 0.645. The van der Waals surface area contributed by atoms with Gasteiger partial charge in [-0.25, -0.2) is 0 Å². The zero-order chi connectivity index (χ0) is 23.7. The van der Waals surface area contributed by atoms with Crippen LogP contribution in [0.5, 0.6) is 0 Å². The number of aromatic nitrogens is 2. The van der Waals surface area contributed by atoms with E-state index in [1.54, 1.807) is 18.6 Å². The number of nitrogens with one attached hydrogen (secondary N) is 1. The van der Waals surface area contributed by atoms with Crippen molar-refractivity contribution in [3.63, 3.8) is 0 Å². The summed E-state index contributed by atoms with van der Waals surface area (Å²) in [5.41, 5.74) is 3.96. The Morgan fingerprint density at radius 1 is 1.15 bits per heavy atom. The summed E-state index contributed by atoms with van der Waals surface area (Å²) in [5.74, 6) is -0.185. The number of hydrogen-bond donors (Lipinski definition) is 1. The largest absolute Gasteiger partial charge is 0.381 e. The molecule has 0 aliphatic carbocycles. The molecule has 2 saturated heterocycles. The van der Waals surface area contributed by atoms with Crippen molar-refractivity contribution in [3.8, 4) is 0 Å². The van der Waals surface area contributed by atoms with Crippen LogP contribution in [0.4, 0.5) is 0 Å². The van der Waals surface area contributed by atoms with Crippen LogP contribution in [0.2, 0.25) is 0 Å². The minimum Gasteiger partial charge on any atom is -0.381 e. The number of para-hydroxylation sites is 1. The van der Waals surface area contributed by atoms with E-state index in [-0.39, 0.29) is 23.3 Å². The highest BCUT2D eigenvalue weighted by Crippen LogP contribution is 2.43. The molecular formula is C27H30N4O3. The van der Waals surface area contributed by atoms with Gasteiger partial charge in [0.05, 0.1) is 16.6 Å². The second kappa shape index (κ2) is 9.14. The molecule has 2 amide bonds. The van der Waals surface area contributed by atoms with Gasteiger partial charge in [-0.05, 0) is 61.8 Å². The highest BCUT2D eigenvalue weighted by molar-refractivity contribution is 6.00. The van der Waals surface area contributed by atoms with Crippen LogP contribution in [-0.2, 0) is 4.74 Å². The lowest BCUT2D eigenvalue weighted by atomic mass is 9.78. The molecule has 1 unspecified atom stereocenters. The third kappa shape index (κ3) is 4.28. The third-order valence-corrected chi connectivity index (χ3v) is 7.34. The molecule has 2 aliphatic rings. The number of amides is 2. The van der Waals surface area contributed by atoms with Crippen LogP contribution >= 0.6 is 0 Å². The maximum Gasteiger partial charge on any atom is 0.256 e. The van der Waals surface area contributed by atoms with Gasteiger partial charge in [0.15, 0.2) is 0 Å². The summed E-state index contributed by atoms with van der Waals surface area (Å²) in [6.07, 6.45) is 7.71. The molecule has 176 valence electrons. The van der Waals surface area contributed by atoms with E-state index in [0.29, 0.717) is 37.4 Å². The van der Waals surface area contributed by atoms with E-state index in [0.717, 1.165) is 41.3 Å². The predicted molar refractivity (Wildman–Crippen MR) is 130 cm³/mol. The molecule has 7 heteroatoms. The molecular weight excluding hydrogens is 428 g/mol. The zero-order valence-electron chi connectivity index (χ0n) is 19.7. The van der Waals surface area contributed by atoms with E-state index in [9.17, 15) is 9.59 Å². The Balaban J connectivity index is 1.40. The minimum absolute atomic E-state index is 0.0180. The summed E-state index contributed by atoms with van der Waals surface area (Å²) in [5, 5.41) is 4.04. The van der Waals surface area contributed by atoms with Gasteiger partial charge in [-0.2, -0.15) is 0 Å². The highest BCUT2D eigenvalue weighted by atomic mass is 16.5. The number of rotatable bonds is 4. The van der Waals surface area contributed by atoms with E-state index in [1.165, 1.54) is 0 Å². The first-order valence-corrected chi connectivity index (χ1v) is 11.9. The molecule has 2 fully saturated rings. The van der Waals surface area contributed by atoms with Crippen molar-refractivity contribution in [2.45, 2.75) is 39.2 Å². The molecule has 2 aromatic heterocycles. The molecule has 1 N–H and O–H groups in total. The number of carbonyl (C=O) groups is 2. The van der Waals surface area contributed by atoms with Gasteiger partial charge in [0.25, 0.3) is 11.8 Å². The lowest BCUT2D eigenvalue weighted by molar-refractivity contribution is 0.0190. The molecule has 0 bridgehead atoms. The Morgan fingerprint density at radius 2 is 1.94 bits per heavy atom. The normalized spacial score (nSPS) is 19.5. The molecule has 4 heterocycles. The van der Waals surface area contributed by atoms with Crippen LogP contribution in [0, 0.1) is 19.3 Å². The first-order chi connectivity index (χ1) is 16.5.